The zero-order valence-corrected chi connectivity index (χ0v) is 13.0. The van der Waals surface area contributed by atoms with Gasteiger partial charge in [-0.2, -0.15) is 0 Å². The highest BCUT2D eigenvalue weighted by Gasteiger charge is 2.20. The highest BCUT2D eigenvalue weighted by atomic mass is 79.9. The number of methoxy groups -OCH3 is 1. The van der Waals surface area contributed by atoms with E-state index >= 15 is 0 Å². The van der Waals surface area contributed by atoms with Crippen molar-refractivity contribution in [3.05, 3.63) is 22.2 Å². The minimum atomic E-state index is 0.343. The van der Waals surface area contributed by atoms with Gasteiger partial charge in [-0.15, -0.1) is 0 Å². The Bertz CT molecular complexity index is 387. The minimum Gasteiger partial charge on any atom is -0.493 e. The van der Waals surface area contributed by atoms with Gasteiger partial charge in [-0.1, -0.05) is 15.9 Å². The largest absolute Gasteiger partial charge is 0.493 e. The average molecular weight is 364 g/mol. The number of halogens is 2. The van der Waals surface area contributed by atoms with Crippen LogP contribution in [0, 0.1) is 0 Å². The maximum Gasteiger partial charge on any atom is 0.175 e. The topological polar surface area (TPSA) is 18.5 Å². The van der Waals surface area contributed by atoms with E-state index in [0.29, 0.717) is 6.10 Å². The van der Waals surface area contributed by atoms with E-state index in [1.807, 2.05) is 6.07 Å². The van der Waals surface area contributed by atoms with Crippen molar-refractivity contribution in [3.63, 3.8) is 0 Å². The van der Waals surface area contributed by atoms with Gasteiger partial charge in [-0.3, -0.25) is 0 Å². The molecule has 0 amide bonds. The van der Waals surface area contributed by atoms with E-state index in [0.717, 1.165) is 34.1 Å². The van der Waals surface area contributed by atoms with Crippen molar-refractivity contribution in [2.45, 2.75) is 37.1 Å². The predicted molar refractivity (Wildman–Crippen MR) is 76.2 cm³/mol. The minimum absolute atomic E-state index is 0.343. The lowest BCUT2D eigenvalue weighted by Crippen LogP contribution is -2.12. The Kier molecular flexibility index (Phi) is 4.74. The molecule has 0 atom stereocenters. The maximum absolute atomic E-state index is 6.04. The van der Waals surface area contributed by atoms with Crippen LogP contribution in [0.5, 0.6) is 11.5 Å². The third-order valence-corrected chi connectivity index (χ3v) is 4.27. The van der Waals surface area contributed by atoms with Crippen molar-refractivity contribution in [3.8, 4) is 11.5 Å². The second-order valence-electron chi connectivity index (χ2n) is 4.27. The van der Waals surface area contributed by atoms with Gasteiger partial charge in [0.2, 0.25) is 0 Å². The van der Waals surface area contributed by atoms with Crippen LogP contribution < -0.4 is 9.47 Å². The lowest BCUT2D eigenvalue weighted by atomic mass is 10.2. The Labute approximate surface area is 119 Å². The van der Waals surface area contributed by atoms with Gasteiger partial charge >= 0.3 is 0 Å². The quantitative estimate of drug-likeness (QED) is 0.723. The molecule has 1 saturated carbocycles. The normalized spacial score (nSPS) is 16.2. The molecule has 0 radical (unpaired) electrons. The first kappa shape index (κ1) is 13.2. The standard InChI is InChI=1S/C13H16Br2O2/c1-16-12-7-9(8-14)6-11(15)13(12)17-10-4-2-3-5-10/h6-7,10H,2-5,8H2,1H3. The molecule has 0 saturated heterocycles. The summed E-state index contributed by atoms with van der Waals surface area (Å²) in [5, 5.41) is 0.811. The molecule has 1 aliphatic carbocycles. The molecule has 0 aliphatic heterocycles. The van der Waals surface area contributed by atoms with Crippen LogP contribution in [0.4, 0.5) is 0 Å². The van der Waals surface area contributed by atoms with Gasteiger partial charge in [0.05, 0.1) is 17.7 Å². The lowest BCUT2D eigenvalue weighted by molar-refractivity contribution is 0.199. The molecule has 1 fully saturated rings. The number of rotatable bonds is 4. The first-order valence-corrected chi connectivity index (χ1v) is 7.75. The van der Waals surface area contributed by atoms with Gasteiger partial charge in [0.15, 0.2) is 11.5 Å². The van der Waals surface area contributed by atoms with E-state index in [2.05, 4.69) is 37.9 Å². The molecule has 2 rings (SSSR count). The zero-order valence-electron chi connectivity index (χ0n) is 9.84. The highest BCUT2D eigenvalue weighted by molar-refractivity contribution is 9.10. The van der Waals surface area contributed by atoms with Crippen LogP contribution in [-0.4, -0.2) is 13.2 Å². The summed E-state index contributed by atoms with van der Waals surface area (Å²) in [5.74, 6) is 1.64. The van der Waals surface area contributed by atoms with E-state index in [4.69, 9.17) is 9.47 Å². The molecule has 2 nitrogen and oxygen atoms in total. The van der Waals surface area contributed by atoms with E-state index in [-0.39, 0.29) is 0 Å². The molecule has 0 spiro atoms. The van der Waals surface area contributed by atoms with Gasteiger partial charge in [0, 0.05) is 5.33 Å². The number of ether oxygens (including phenoxy) is 2. The van der Waals surface area contributed by atoms with Crippen molar-refractivity contribution in [2.75, 3.05) is 7.11 Å². The highest BCUT2D eigenvalue weighted by Crippen LogP contribution is 2.39. The molecule has 0 heterocycles. The van der Waals surface area contributed by atoms with Gasteiger partial charge in [0.1, 0.15) is 0 Å². The van der Waals surface area contributed by atoms with Crippen molar-refractivity contribution in [1.82, 2.24) is 0 Å². The second kappa shape index (κ2) is 6.10. The fraction of sp³-hybridized carbons (Fsp3) is 0.538. The summed E-state index contributed by atoms with van der Waals surface area (Å²) in [5.41, 5.74) is 1.17. The number of hydrogen-bond acceptors (Lipinski definition) is 2. The lowest BCUT2D eigenvalue weighted by Gasteiger charge is -2.18. The Morgan fingerprint density at radius 2 is 2.00 bits per heavy atom. The van der Waals surface area contributed by atoms with Crippen LogP contribution in [0.15, 0.2) is 16.6 Å². The van der Waals surface area contributed by atoms with Crippen LogP contribution in [-0.2, 0) is 5.33 Å². The van der Waals surface area contributed by atoms with Crippen LogP contribution in [0.2, 0.25) is 0 Å². The number of benzene rings is 1. The molecule has 94 valence electrons. The van der Waals surface area contributed by atoms with E-state index in [1.165, 1.54) is 18.4 Å². The smallest absolute Gasteiger partial charge is 0.175 e. The molecule has 1 aliphatic rings. The molecular weight excluding hydrogens is 348 g/mol. The van der Waals surface area contributed by atoms with Crippen molar-refractivity contribution < 1.29 is 9.47 Å². The Hall–Kier alpha value is -0.220. The predicted octanol–water partition coefficient (Wildman–Crippen LogP) is 4.67. The van der Waals surface area contributed by atoms with Crippen LogP contribution in [0.3, 0.4) is 0 Å². The fourth-order valence-electron chi connectivity index (χ4n) is 2.14. The summed E-state index contributed by atoms with van der Waals surface area (Å²) >= 11 is 7.01. The van der Waals surface area contributed by atoms with Gasteiger partial charge in [0.25, 0.3) is 0 Å². The first-order chi connectivity index (χ1) is 8.24. The van der Waals surface area contributed by atoms with E-state index < -0.39 is 0 Å². The van der Waals surface area contributed by atoms with Crippen molar-refractivity contribution in [2.24, 2.45) is 0 Å². The molecule has 4 heteroatoms. The number of hydrogen-bond donors (Lipinski definition) is 0. The molecule has 0 bridgehead atoms. The van der Waals surface area contributed by atoms with E-state index in [9.17, 15) is 0 Å². The maximum atomic E-state index is 6.04. The Morgan fingerprint density at radius 1 is 1.29 bits per heavy atom. The number of alkyl halides is 1. The summed E-state index contributed by atoms with van der Waals surface area (Å²) in [7, 11) is 1.68. The van der Waals surface area contributed by atoms with Crippen LogP contribution in [0.25, 0.3) is 0 Å². The third kappa shape index (κ3) is 3.16. The molecule has 1 aromatic rings. The molecular formula is C13H16Br2O2. The molecule has 1 aromatic carbocycles. The molecule has 0 aromatic heterocycles. The fourth-order valence-corrected chi connectivity index (χ4v) is 3.04. The molecule has 17 heavy (non-hydrogen) atoms. The summed E-state index contributed by atoms with van der Waals surface area (Å²) in [6.45, 7) is 0. The first-order valence-electron chi connectivity index (χ1n) is 5.83. The molecule has 0 unspecified atom stereocenters. The SMILES string of the molecule is COc1cc(CBr)cc(Br)c1OC1CCCC1. The third-order valence-electron chi connectivity index (χ3n) is 3.03. The Balaban J connectivity index is 2.24. The zero-order chi connectivity index (χ0) is 12.3. The second-order valence-corrected chi connectivity index (χ2v) is 5.68. The summed E-state index contributed by atoms with van der Waals surface area (Å²) in [4.78, 5) is 0. The van der Waals surface area contributed by atoms with Gasteiger partial charge < -0.3 is 9.47 Å². The summed E-state index contributed by atoms with van der Waals surface area (Å²) in [6.07, 6.45) is 5.18. The average Bonchev–Trinajstić information content (AvgIpc) is 2.84. The molecule has 0 N–H and O–H groups in total. The van der Waals surface area contributed by atoms with E-state index in [1.54, 1.807) is 7.11 Å². The van der Waals surface area contributed by atoms with Crippen LogP contribution in [0.1, 0.15) is 31.2 Å². The monoisotopic (exact) mass is 362 g/mol. The van der Waals surface area contributed by atoms with Gasteiger partial charge in [-0.25, -0.2) is 0 Å². The summed E-state index contributed by atoms with van der Waals surface area (Å²) < 4.78 is 12.4. The van der Waals surface area contributed by atoms with Crippen molar-refractivity contribution >= 4 is 31.9 Å². The Morgan fingerprint density at radius 3 is 2.59 bits per heavy atom. The van der Waals surface area contributed by atoms with Crippen LogP contribution >= 0.6 is 31.9 Å². The summed E-state index contributed by atoms with van der Waals surface area (Å²) in [6, 6.07) is 4.09. The van der Waals surface area contributed by atoms with Crippen molar-refractivity contribution in [1.29, 1.82) is 0 Å². The van der Waals surface area contributed by atoms with Gasteiger partial charge in [-0.05, 0) is 59.3 Å².